The second-order valence-corrected chi connectivity index (χ2v) is 9.08. The first-order chi connectivity index (χ1) is 14.8. The van der Waals surface area contributed by atoms with Crippen LogP contribution in [0, 0.1) is 0 Å². The third-order valence-electron chi connectivity index (χ3n) is 6.23. The highest BCUT2D eigenvalue weighted by Gasteiger charge is 2.29. The summed E-state index contributed by atoms with van der Waals surface area (Å²) in [6, 6.07) is 6.83. The first-order valence-electron chi connectivity index (χ1n) is 10.9. The van der Waals surface area contributed by atoms with E-state index in [9.17, 15) is 0 Å². The highest BCUT2D eigenvalue weighted by Crippen LogP contribution is 2.42. The molecule has 0 unspecified atom stereocenters. The zero-order valence-corrected chi connectivity index (χ0v) is 18.3. The Morgan fingerprint density at radius 1 is 1.10 bits per heavy atom. The fourth-order valence-electron chi connectivity index (χ4n) is 4.55. The third-order valence-corrected chi connectivity index (χ3v) is 7.43. The van der Waals surface area contributed by atoms with Crippen LogP contribution in [0.1, 0.15) is 38.3 Å². The molecule has 8 heteroatoms. The van der Waals surface area contributed by atoms with Crippen LogP contribution in [0.2, 0.25) is 0 Å². The van der Waals surface area contributed by atoms with Crippen LogP contribution in [0.25, 0.3) is 4.91 Å². The van der Waals surface area contributed by atoms with Crippen LogP contribution in [0.15, 0.2) is 36.3 Å². The van der Waals surface area contributed by atoms with Gasteiger partial charge in [-0.3, -0.25) is 0 Å². The summed E-state index contributed by atoms with van der Waals surface area (Å²) in [5.41, 5.74) is 3.51. The van der Waals surface area contributed by atoms with E-state index in [2.05, 4.69) is 43.4 Å². The Kier molecular flexibility index (Phi) is 5.77. The summed E-state index contributed by atoms with van der Waals surface area (Å²) < 4.78 is 0. The van der Waals surface area contributed by atoms with Crippen molar-refractivity contribution in [2.24, 2.45) is 0 Å². The van der Waals surface area contributed by atoms with E-state index in [-0.39, 0.29) is 0 Å². The van der Waals surface area contributed by atoms with Gasteiger partial charge in [-0.1, -0.05) is 12.8 Å². The van der Waals surface area contributed by atoms with Gasteiger partial charge in [0.05, 0.1) is 28.4 Å². The Bertz CT molecular complexity index is 902. The van der Waals surface area contributed by atoms with Gasteiger partial charge < -0.3 is 20.4 Å². The Morgan fingerprint density at radius 3 is 2.70 bits per heavy atom. The maximum atomic E-state index is 4.79. The minimum Gasteiger partial charge on any atom is -0.368 e. The number of piperazine rings is 1. The molecule has 1 saturated carbocycles. The molecule has 0 radical (unpaired) electrons. The van der Waals surface area contributed by atoms with E-state index >= 15 is 0 Å². The molecule has 2 fully saturated rings. The normalized spacial score (nSPS) is 20.3. The summed E-state index contributed by atoms with van der Waals surface area (Å²) in [7, 11) is 0. The standard InChI is InChI=1S/C22H29N7S/c1-16-21(30-15-29(16)17-4-2-3-5-17)19-8-9-24-22(26-19)27-20-7-6-18(14-25-20)28-12-10-23-11-13-28/h6-9,14,17,23H,2-5,10-13,15H2,1H3,(H,24,25,26,27). The van der Waals surface area contributed by atoms with E-state index in [1.165, 1.54) is 36.3 Å². The average molecular weight is 424 g/mol. The molecule has 30 heavy (non-hydrogen) atoms. The first kappa shape index (κ1) is 19.6. The van der Waals surface area contributed by atoms with E-state index in [0.29, 0.717) is 12.0 Å². The van der Waals surface area contributed by atoms with Crippen molar-refractivity contribution >= 4 is 34.1 Å². The molecule has 2 aliphatic heterocycles. The lowest BCUT2D eigenvalue weighted by Crippen LogP contribution is -2.43. The van der Waals surface area contributed by atoms with Crippen molar-refractivity contribution in [2.75, 3.05) is 42.3 Å². The Balaban J connectivity index is 1.29. The molecule has 158 valence electrons. The SMILES string of the molecule is CC1=C(c2ccnc(Nc3ccc(N4CCNCC4)cn3)n2)SCN1C1CCCC1. The predicted octanol–water partition coefficient (Wildman–Crippen LogP) is 3.66. The number of hydrogen-bond donors (Lipinski definition) is 2. The Hall–Kier alpha value is -2.32. The smallest absolute Gasteiger partial charge is 0.228 e. The molecule has 0 spiro atoms. The van der Waals surface area contributed by atoms with E-state index in [0.717, 1.165) is 49.3 Å². The molecule has 7 nitrogen and oxygen atoms in total. The lowest BCUT2D eigenvalue weighted by atomic mass is 10.2. The average Bonchev–Trinajstić information content (AvgIpc) is 3.45. The molecule has 2 aromatic rings. The summed E-state index contributed by atoms with van der Waals surface area (Å²) in [5, 5.41) is 6.65. The molecular weight excluding hydrogens is 394 g/mol. The zero-order valence-electron chi connectivity index (χ0n) is 17.5. The van der Waals surface area contributed by atoms with Crippen LogP contribution in [-0.4, -0.2) is 57.9 Å². The van der Waals surface area contributed by atoms with Gasteiger partial charge in [0, 0.05) is 44.1 Å². The fourth-order valence-corrected chi connectivity index (χ4v) is 5.81. The van der Waals surface area contributed by atoms with E-state index in [4.69, 9.17) is 4.98 Å². The van der Waals surface area contributed by atoms with Crippen molar-refractivity contribution in [3.8, 4) is 0 Å². The molecule has 1 aliphatic carbocycles. The number of allylic oxidation sites excluding steroid dienone is 1. The zero-order chi connectivity index (χ0) is 20.3. The van der Waals surface area contributed by atoms with E-state index in [1.807, 2.05) is 36.3 Å². The molecule has 3 aliphatic rings. The summed E-state index contributed by atoms with van der Waals surface area (Å²) >= 11 is 1.89. The van der Waals surface area contributed by atoms with Crippen LogP contribution in [0.5, 0.6) is 0 Å². The van der Waals surface area contributed by atoms with Gasteiger partial charge in [0.25, 0.3) is 0 Å². The topological polar surface area (TPSA) is 69.2 Å². The highest BCUT2D eigenvalue weighted by molar-refractivity contribution is 8.08. The number of thioether (sulfide) groups is 1. The van der Waals surface area contributed by atoms with Crippen LogP contribution < -0.4 is 15.5 Å². The number of pyridine rings is 1. The van der Waals surface area contributed by atoms with Crippen LogP contribution in [-0.2, 0) is 0 Å². The minimum absolute atomic E-state index is 0.593. The fraction of sp³-hybridized carbons (Fsp3) is 0.500. The summed E-state index contributed by atoms with van der Waals surface area (Å²) in [6.07, 6.45) is 9.11. The molecule has 2 N–H and O–H groups in total. The second kappa shape index (κ2) is 8.81. The lowest BCUT2D eigenvalue weighted by Gasteiger charge is -2.29. The van der Waals surface area contributed by atoms with Crippen molar-refractivity contribution in [2.45, 2.75) is 38.6 Å². The molecule has 4 heterocycles. The number of rotatable bonds is 5. The molecule has 5 rings (SSSR count). The molecule has 0 bridgehead atoms. The first-order valence-corrected chi connectivity index (χ1v) is 11.9. The molecule has 0 aromatic carbocycles. The molecular formula is C22H29N7S. The molecule has 0 atom stereocenters. The van der Waals surface area contributed by atoms with Gasteiger partial charge in [-0.2, -0.15) is 0 Å². The molecule has 2 aromatic heterocycles. The third kappa shape index (κ3) is 4.11. The van der Waals surface area contributed by atoms with E-state index in [1.54, 1.807) is 0 Å². The number of aromatic nitrogens is 3. The van der Waals surface area contributed by atoms with Gasteiger partial charge in [-0.05, 0) is 38.0 Å². The molecule has 1 saturated heterocycles. The Morgan fingerprint density at radius 2 is 1.93 bits per heavy atom. The van der Waals surface area contributed by atoms with Gasteiger partial charge in [-0.25, -0.2) is 15.0 Å². The summed E-state index contributed by atoms with van der Waals surface area (Å²) in [5.74, 6) is 2.40. The monoisotopic (exact) mass is 423 g/mol. The highest BCUT2D eigenvalue weighted by atomic mass is 32.2. The summed E-state index contributed by atoms with van der Waals surface area (Å²) in [6.45, 7) is 6.31. The van der Waals surface area contributed by atoms with Gasteiger partial charge in [0.15, 0.2) is 0 Å². The van der Waals surface area contributed by atoms with E-state index < -0.39 is 0 Å². The lowest BCUT2D eigenvalue weighted by molar-refractivity contribution is 0.303. The van der Waals surface area contributed by atoms with Crippen LogP contribution in [0.3, 0.4) is 0 Å². The van der Waals surface area contributed by atoms with Crippen LogP contribution >= 0.6 is 11.8 Å². The minimum atomic E-state index is 0.593. The van der Waals surface area contributed by atoms with Crippen molar-refractivity contribution in [3.63, 3.8) is 0 Å². The van der Waals surface area contributed by atoms with Gasteiger partial charge in [-0.15, -0.1) is 11.8 Å². The van der Waals surface area contributed by atoms with Gasteiger partial charge in [0.1, 0.15) is 5.82 Å². The summed E-state index contributed by atoms with van der Waals surface area (Å²) in [4.78, 5) is 20.0. The number of nitrogens with one attached hydrogen (secondary N) is 2. The quantitative estimate of drug-likeness (QED) is 0.755. The van der Waals surface area contributed by atoms with Crippen LogP contribution in [0.4, 0.5) is 17.5 Å². The van der Waals surface area contributed by atoms with Crippen molar-refractivity contribution in [1.82, 2.24) is 25.2 Å². The number of nitrogens with zero attached hydrogens (tertiary/aromatic N) is 5. The Labute approximate surface area is 182 Å². The maximum Gasteiger partial charge on any atom is 0.228 e. The number of anilines is 3. The maximum absolute atomic E-state index is 4.79. The van der Waals surface area contributed by atoms with Crippen molar-refractivity contribution in [3.05, 3.63) is 42.0 Å². The number of hydrogen-bond acceptors (Lipinski definition) is 8. The van der Waals surface area contributed by atoms with Gasteiger partial charge >= 0.3 is 0 Å². The molecule has 0 amide bonds. The largest absolute Gasteiger partial charge is 0.368 e. The predicted molar refractivity (Wildman–Crippen MR) is 124 cm³/mol. The van der Waals surface area contributed by atoms with Crippen molar-refractivity contribution < 1.29 is 0 Å². The second-order valence-electron chi connectivity index (χ2n) is 8.13. The van der Waals surface area contributed by atoms with Crippen molar-refractivity contribution in [1.29, 1.82) is 0 Å². The van der Waals surface area contributed by atoms with Gasteiger partial charge in [0.2, 0.25) is 5.95 Å².